The quantitative estimate of drug-likeness (QED) is 0.0632. The number of carbonyl (C=O) groups is 1. The van der Waals surface area contributed by atoms with E-state index in [1.807, 2.05) is 18.0 Å². The summed E-state index contributed by atoms with van der Waals surface area (Å²) in [6.45, 7) is 12.5. The van der Waals surface area contributed by atoms with Gasteiger partial charge in [0.2, 0.25) is 0 Å². The van der Waals surface area contributed by atoms with Crippen molar-refractivity contribution in [1.29, 1.82) is 0 Å². The molecule has 2 aromatic heterocycles. The first-order chi connectivity index (χ1) is 30.0. The number of amides is 1. The smallest absolute Gasteiger partial charge is 0.293 e. The van der Waals surface area contributed by atoms with Gasteiger partial charge in [-0.2, -0.15) is 0 Å². The number of aromatic amines is 1. The molecule has 14 nitrogen and oxygen atoms in total. The number of carbonyl (C=O) groups excluding carboxylic acids is 1. The summed E-state index contributed by atoms with van der Waals surface area (Å²) in [5.74, 6) is -0.498. The Morgan fingerprint density at radius 3 is 2.46 bits per heavy atom. The lowest BCUT2D eigenvalue weighted by Gasteiger charge is -2.73. The van der Waals surface area contributed by atoms with Crippen LogP contribution in [-0.4, -0.2) is 104 Å². The average Bonchev–Trinajstić information content (AvgIpc) is 3.69. The van der Waals surface area contributed by atoms with Gasteiger partial charge in [0.25, 0.3) is 21.6 Å². The molecule has 0 unspecified atom stereocenters. The highest BCUT2D eigenvalue weighted by Gasteiger charge is 2.68. The summed E-state index contributed by atoms with van der Waals surface area (Å²) in [5, 5.41) is 15.7. The van der Waals surface area contributed by atoms with Crippen LogP contribution in [0.3, 0.4) is 0 Å². The number of nitro benzene ring substituents is 1. The van der Waals surface area contributed by atoms with E-state index in [0.717, 1.165) is 55.9 Å². The third kappa shape index (κ3) is 8.65. The van der Waals surface area contributed by atoms with Crippen LogP contribution in [0.2, 0.25) is 0 Å². The van der Waals surface area contributed by atoms with Gasteiger partial charge in [-0.3, -0.25) is 19.8 Å². The molecule has 1 amide bonds. The van der Waals surface area contributed by atoms with Gasteiger partial charge in [0.05, 0.1) is 21.6 Å². The number of nitrogens with zero attached hydrogens (tertiary/aromatic N) is 5. The highest BCUT2D eigenvalue weighted by molar-refractivity contribution is 7.90. The van der Waals surface area contributed by atoms with Crippen LogP contribution in [0.25, 0.3) is 11.0 Å². The minimum absolute atomic E-state index is 0.0177. The van der Waals surface area contributed by atoms with Crippen LogP contribution in [0.4, 0.5) is 21.5 Å². The fraction of sp³-hybridized carbons (Fsp3) is 0.532. The second-order valence-corrected chi connectivity index (χ2v) is 21.6. The van der Waals surface area contributed by atoms with Gasteiger partial charge >= 0.3 is 0 Å². The second kappa shape index (κ2) is 16.2. The largest absolute Gasteiger partial charge is 0.455 e. The van der Waals surface area contributed by atoms with Crippen LogP contribution in [0.15, 0.2) is 77.0 Å². The number of allylic oxidation sites excluding steroid dienone is 1. The van der Waals surface area contributed by atoms with Crippen molar-refractivity contribution in [2.45, 2.75) is 89.1 Å². The van der Waals surface area contributed by atoms with Gasteiger partial charge in [-0.15, -0.1) is 0 Å². The van der Waals surface area contributed by atoms with Gasteiger partial charge in [-0.05, 0) is 111 Å². The molecule has 336 valence electrons. The van der Waals surface area contributed by atoms with Gasteiger partial charge in [-0.1, -0.05) is 38.3 Å². The summed E-state index contributed by atoms with van der Waals surface area (Å²) in [6, 6.07) is 12.0. The van der Waals surface area contributed by atoms with Gasteiger partial charge in [0.1, 0.15) is 28.5 Å². The number of piperazine rings is 1. The number of piperidine rings is 1. The van der Waals surface area contributed by atoms with Gasteiger partial charge in [-0.25, -0.2) is 22.5 Å². The van der Waals surface area contributed by atoms with Crippen molar-refractivity contribution >= 4 is 44.0 Å². The number of pyridine rings is 1. The molecule has 63 heavy (non-hydrogen) atoms. The van der Waals surface area contributed by atoms with Crippen molar-refractivity contribution in [3.8, 4) is 11.5 Å². The van der Waals surface area contributed by atoms with Crippen LogP contribution >= 0.6 is 0 Å². The maximum atomic E-state index is 15.5. The van der Waals surface area contributed by atoms with E-state index in [2.05, 4.69) is 50.6 Å². The van der Waals surface area contributed by atoms with E-state index in [1.165, 1.54) is 57.2 Å². The fourth-order valence-electron chi connectivity index (χ4n) is 10.9. The number of likely N-dealkylation sites (tertiary alicyclic amines) is 1. The van der Waals surface area contributed by atoms with E-state index in [0.29, 0.717) is 40.7 Å². The highest BCUT2D eigenvalue weighted by Crippen LogP contribution is 2.79. The Bertz CT molecular complexity index is 2560. The minimum atomic E-state index is -4.62. The number of halogens is 1. The molecule has 2 bridgehead atoms. The van der Waals surface area contributed by atoms with E-state index >= 15 is 4.39 Å². The summed E-state index contributed by atoms with van der Waals surface area (Å²) >= 11 is 0. The normalized spacial score (nSPS) is 24.7. The van der Waals surface area contributed by atoms with Crippen LogP contribution in [0, 0.1) is 26.4 Å². The van der Waals surface area contributed by atoms with Crippen molar-refractivity contribution in [2.24, 2.45) is 16.2 Å². The molecule has 0 atom stereocenters. The number of hydrogen-bond donors (Lipinski definition) is 3. The van der Waals surface area contributed by atoms with Crippen molar-refractivity contribution in [3.63, 3.8) is 0 Å². The molecule has 6 aliphatic rings. The van der Waals surface area contributed by atoms with E-state index in [4.69, 9.17) is 4.74 Å². The number of aromatic nitrogens is 2. The van der Waals surface area contributed by atoms with Crippen molar-refractivity contribution in [2.75, 3.05) is 69.6 Å². The first-order valence-corrected chi connectivity index (χ1v) is 23.8. The molecule has 4 aromatic rings. The summed E-state index contributed by atoms with van der Waals surface area (Å²) in [5.41, 5.74) is 4.14. The minimum Gasteiger partial charge on any atom is -0.455 e. The highest BCUT2D eigenvalue weighted by atomic mass is 32.2. The molecule has 2 aliphatic heterocycles. The zero-order valence-corrected chi connectivity index (χ0v) is 37.6. The summed E-state index contributed by atoms with van der Waals surface area (Å²) in [7, 11) is -2.71. The summed E-state index contributed by atoms with van der Waals surface area (Å²) in [6.07, 6.45) is 12.8. The molecule has 4 heterocycles. The number of ether oxygens (including phenoxy) is 1. The topological polar surface area (TPSA) is 166 Å². The summed E-state index contributed by atoms with van der Waals surface area (Å²) < 4.78 is 51.3. The molecule has 0 spiro atoms. The van der Waals surface area contributed by atoms with Crippen LogP contribution in [0.1, 0.15) is 88.9 Å². The number of sulfonamides is 1. The standard InChI is InChI=1S/C47H59FN8O6S/c1-5-45-28-46(29-45,30-45)38-25-44(2,3)12-10-33(38)27-54-18-20-55(21-19-54)34-6-8-37(41(23-34)62-35-22-32-11-15-49-42(32)50-26-35)43(57)52-63(60,61)36-7-9-39(40(24-36)56(58)59)51-31-47(48)13-16-53(4)17-14-47/h6-9,11,15,22-24,26,51H,5,10,12-14,16-21,25,27-31H2,1-4H3,(H,49,50)(H,52,57). The SMILES string of the molecule is CCC12CC(C3=C(CN4CCN(c5ccc(C(=O)NS(=O)(=O)c6ccc(NCC7(F)CCN(C)CC7)c([N+](=O)[O-])c6)c(Oc6cnc7[nH]ccc7c6)c5)CC4)CCC(C)(C)C3)(C1)C2. The van der Waals surface area contributed by atoms with Crippen molar-refractivity contribution in [3.05, 3.63) is 87.7 Å². The van der Waals surface area contributed by atoms with Crippen LogP contribution in [-0.2, 0) is 10.0 Å². The van der Waals surface area contributed by atoms with Crippen molar-refractivity contribution in [1.82, 2.24) is 24.5 Å². The Hall–Kier alpha value is -5.06. The van der Waals surface area contributed by atoms with E-state index in [9.17, 15) is 23.3 Å². The van der Waals surface area contributed by atoms with Gasteiger partial charge in [0.15, 0.2) is 0 Å². The van der Waals surface area contributed by atoms with E-state index < -0.39 is 37.1 Å². The number of hydrogen-bond acceptors (Lipinski definition) is 11. The predicted molar refractivity (Wildman–Crippen MR) is 242 cm³/mol. The third-order valence-corrected chi connectivity index (χ3v) is 16.2. The van der Waals surface area contributed by atoms with Crippen LogP contribution < -0.4 is 19.7 Å². The van der Waals surface area contributed by atoms with Crippen LogP contribution in [0.5, 0.6) is 11.5 Å². The molecule has 0 radical (unpaired) electrons. The van der Waals surface area contributed by atoms with E-state index in [-0.39, 0.29) is 36.4 Å². The molecule has 5 fully saturated rings. The number of rotatable bonds is 14. The van der Waals surface area contributed by atoms with Gasteiger partial charge < -0.3 is 24.8 Å². The molecule has 10 rings (SSSR count). The van der Waals surface area contributed by atoms with Crippen molar-refractivity contribution < 1.29 is 27.3 Å². The number of fused-ring (bicyclic) bond motifs is 1. The Morgan fingerprint density at radius 2 is 1.75 bits per heavy atom. The average molecular weight is 883 g/mol. The molecule has 3 saturated carbocycles. The monoisotopic (exact) mass is 882 g/mol. The summed E-state index contributed by atoms with van der Waals surface area (Å²) in [4.78, 5) is 39.2. The number of nitrogens with one attached hydrogen (secondary N) is 3. The van der Waals surface area contributed by atoms with E-state index in [1.54, 1.807) is 41.6 Å². The number of alkyl halides is 1. The molecule has 16 heteroatoms. The maximum absolute atomic E-state index is 15.5. The first-order valence-electron chi connectivity index (χ1n) is 22.4. The number of nitro groups is 1. The maximum Gasteiger partial charge on any atom is 0.293 e. The molecule has 2 aromatic carbocycles. The lowest BCUT2D eigenvalue weighted by molar-refractivity contribution is -0.384. The lowest BCUT2D eigenvalue weighted by atomic mass is 9.31. The Morgan fingerprint density at radius 1 is 1.00 bits per heavy atom. The Kier molecular flexibility index (Phi) is 11.1. The lowest BCUT2D eigenvalue weighted by Crippen LogP contribution is -2.63. The molecular formula is C47H59FN8O6S. The molecule has 3 N–H and O–H groups in total. The molecular weight excluding hydrogens is 824 g/mol. The zero-order chi connectivity index (χ0) is 44.4. The third-order valence-electron chi connectivity index (χ3n) is 14.9. The zero-order valence-electron chi connectivity index (χ0n) is 36.8. The number of benzene rings is 2. The molecule has 4 aliphatic carbocycles. The number of H-pyrrole nitrogens is 1. The second-order valence-electron chi connectivity index (χ2n) is 19.9. The predicted octanol–water partition coefficient (Wildman–Crippen LogP) is 8.44. The molecule has 2 saturated heterocycles. The van der Waals surface area contributed by atoms with Gasteiger partial charge in [0, 0.05) is 81.8 Å². The number of anilines is 2. The Labute approximate surface area is 368 Å². The first kappa shape index (κ1) is 43.2. The Balaban J connectivity index is 0.917. The fourth-order valence-corrected chi connectivity index (χ4v) is 11.9.